The van der Waals surface area contributed by atoms with E-state index in [9.17, 15) is 14.4 Å². The van der Waals surface area contributed by atoms with Crippen LogP contribution in [0.3, 0.4) is 0 Å². The van der Waals surface area contributed by atoms with Gasteiger partial charge in [-0.15, -0.1) is 0 Å². The molecule has 1 atom stereocenters. The molecule has 0 aliphatic carbocycles. The Bertz CT molecular complexity index is 1340. The maximum Gasteiger partial charge on any atom is 0.326 e. The number of esters is 1. The number of fused-ring (bicyclic) bond motifs is 2. The summed E-state index contributed by atoms with van der Waals surface area (Å²) in [7, 11) is 1.67. The molecule has 9 heteroatoms. The van der Waals surface area contributed by atoms with Crippen LogP contribution in [0.4, 0.5) is 0 Å². The van der Waals surface area contributed by atoms with Crippen molar-refractivity contribution in [1.29, 1.82) is 0 Å². The number of nitrogens with zero attached hydrogens (tertiary/aromatic N) is 4. The highest BCUT2D eigenvalue weighted by molar-refractivity contribution is 5.87. The predicted octanol–water partition coefficient (Wildman–Crippen LogP) is 1.70. The molecule has 0 radical (unpaired) electrons. The summed E-state index contributed by atoms with van der Waals surface area (Å²) in [6.45, 7) is 1.09. The third-order valence-corrected chi connectivity index (χ3v) is 5.05. The van der Waals surface area contributed by atoms with Crippen molar-refractivity contribution < 1.29 is 14.3 Å². The number of aryl methyl sites for hydroxylation is 1. The average Bonchev–Trinajstić information content (AvgIpc) is 3.15. The Morgan fingerprint density at radius 2 is 1.90 bits per heavy atom. The van der Waals surface area contributed by atoms with Crippen LogP contribution in [0, 0.1) is 0 Å². The van der Waals surface area contributed by atoms with E-state index in [1.807, 2.05) is 49.4 Å². The molecule has 1 N–H and O–H groups in total. The largest absolute Gasteiger partial charge is 0.454 e. The molecule has 2 aromatic carbocycles. The standard InChI is InChI=1S/C22H21N5O4/c1-14(16-9-5-7-15-6-3-4-8-17(15)16)25-19(28)12-31-20(29)11-27-13-23-21-18(22(27)30)10-24-26(21)2/h3-10,13-14H,11-12H2,1-2H3,(H,25,28). The lowest BCUT2D eigenvalue weighted by molar-refractivity contribution is -0.149. The van der Waals surface area contributed by atoms with Gasteiger partial charge in [0.15, 0.2) is 12.3 Å². The zero-order chi connectivity index (χ0) is 22.0. The number of hydrogen-bond acceptors (Lipinski definition) is 6. The Kier molecular flexibility index (Phi) is 5.48. The fourth-order valence-corrected chi connectivity index (χ4v) is 3.50. The Labute approximate surface area is 177 Å². The minimum atomic E-state index is -0.708. The number of carbonyl (C=O) groups excluding carboxylic acids is 2. The molecule has 0 aliphatic rings. The second-order valence-corrected chi connectivity index (χ2v) is 7.20. The van der Waals surface area contributed by atoms with E-state index >= 15 is 0 Å². The summed E-state index contributed by atoms with van der Waals surface area (Å²) in [4.78, 5) is 40.9. The highest BCUT2D eigenvalue weighted by Crippen LogP contribution is 2.23. The Morgan fingerprint density at radius 1 is 1.13 bits per heavy atom. The summed E-state index contributed by atoms with van der Waals surface area (Å²) in [6.07, 6.45) is 2.66. The third-order valence-electron chi connectivity index (χ3n) is 5.05. The maximum atomic E-state index is 12.4. The lowest BCUT2D eigenvalue weighted by Gasteiger charge is -2.16. The van der Waals surface area contributed by atoms with Crippen molar-refractivity contribution in [2.75, 3.05) is 6.61 Å². The first kappa shape index (κ1) is 20.3. The molecular weight excluding hydrogens is 398 g/mol. The van der Waals surface area contributed by atoms with E-state index < -0.39 is 24.0 Å². The summed E-state index contributed by atoms with van der Waals surface area (Å²) >= 11 is 0. The predicted molar refractivity (Wildman–Crippen MR) is 114 cm³/mol. The molecule has 0 saturated heterocycles. The quantitative estimate of drug-likeness (QED) is 0.477. The molecule has 0 spiro atoms. The summed E-state index contributed by atoms with van der Waals surface area (Å²) in [5, 5.41) is 9.25. The minimum Gasteiger partial charge on any atom is -0.454 e. The first-order chi connectivity index (χ1) is 14.9. The molecule has 158 valence electrons. The topological polar surface area (TPSA) is 108 Å². The molecule has 1 unspecified atom stereocenters. The number of hydrogen-bond donors (Lipinski definition) is 1. The Hall–Kier alpha value is -4.01. The molecule has 0 aliphatic heterocycles. The van der Waals surface area contributed by atoms with Crippen LogP contribution in [0.25, 0.3) is 21.8 Å². The second-order valence-electron chi connectivity index (χ2n) is 7.20. The van der Waals surface area contributed by atoms with Gasteiger partial charge in [0.25, 0.3) is 11.5 Å². The van der Waals surface area contributed by atoms with E-state index in [1.165, 1.54) is 17.2 Å². The van der Waals surface area contributed by atoms with Crippen LogP contribution < -0.4 is 10.9 Å². The SMILES string of the molecule is CC(NC(=O)COC(=O)Cn1cnc2c(cnn2C)c1=O)c1cccc2ccccc12. The Morgan fingerprint density at radius 3 is 2.74 bits per heavy atom. The summed E-state index contributed by atoms with van der Waals surface area (Å²) in [5.41, 5.74) is 1.00. The second kappa shape index (κ2) is 8.39. The van der Waals surface area contributed by atoms with Gasteiger partial charge in [0.05, 0.1) is 12.2 Å². The minimum absolute atomic E-state index is 0.267. The fourth-order valence-electron chi connectivity index (χ4n) is 3.50. The zero-order valence-corrected chi connectivity index (χ0v) is 17.1. The maximum absolute atomic E-state index is 12.4. The summed E-state index contributed by atoms with van der Waals surface area (Å²) in [6, 6.07) is 13.5. The van der Waals surface area contributed by atoms with Gasteiger partial charge in [-0.2, -0.15) is 5.10 Å². The highest BCUT2D eigenvalue weighted by Gasteiger charge is 2.15. The van der Waals surface area contributed by atoms with Crippen molar-refractivity contribution in [3.63, 3.8) is 0 Å². The van der Waals surface area contributed by atoms with Gasteiger partial charge in [-0.05, 0) is 23.3 Å². The van der Waals surface area contributed by atoms with Crippen LogP contribution in [-0.4, -0.2) is 37.8 Å². The Balaban J connectivity index is 1.36. The molecule has 2 heterocycles. The summed E-state index contributed by atoms with van der Waals surface area (Å²) < 4.78 is 7.65. The van der Waals surface area contributed by atoms with Crippen molar-refractivity contribution >= 4 is 33.7 Å². The van der Waals surface area contributed by atoms with Gasteiger partial charge in [0.2, 0.25) is 0 Å². The number of amides is 1. The number of benzene rings is 2. The monoisotopic (exact) mass is 419 g/mol. The van der Waals surface area contributed by atoms with E-state index in [0.29, 0.717) is 11.0 Å². The van der Waals surface area contributed by atoms with Crippen LogP contribution >= 0.6 is 0 Å². The lowest BCUT2D eigenvalue weighted by atomic mass is 10.00. The van der Waals surface area contributed by atoms with Gasteiger partial charge in [0, 0.05) is 7.05 Å². The molecular formula is C22H21N5O4. The van der Waals surface area contributed by atoms with Crippen LogP contribution in [-0.2, 0) is 27.9 Å². The number of ether oxygens (including phenoxy) is 1. The zero-order valence-electron chi connectivity index (χ0n) is 17.1. The third kappa shape index (κ3) is 4.16. The summed E-state index contributed by atoms with van der Waals surface area (Å²) in [5.74, 6) is -1.14. The van der Waals surface area contributed by atoms with E-state index in [0.717, 1.165) is 20.9 Å². The van der Waals surface area contributed by atoms with Crippen LogP contribution in [0.5, 0.6) is 0 Å². The van der Waals surface area contributed by atoms with Crippen molar-refractivity contribution in [2.45, 2.75) is 19.5 Å². The van der Waals surface area contributed by atoms with E-state index in [-0.39, 0.29) is 12.6 Å². The lowest BCUT2D eigenvalue weighted by Crippen LogP contribution is -2.32. The molecule has 4 aromatic rings. The smallest absolute Gasteiger partial charge is 0.326 e. The van der Waals surface area contributed by atoms with Crippen molar-refractivity contribution in [1.82, 2.24) is 24.6 Å². The molecule has 1 amide bonds. The van der Waals surface area contributed by atoms with Crippen LogP contribution in [0.15, 0.2) is 59.8 Å². The van der Waals surface area contributed by atoms with Crippen molar-refractivity contribution in [3.05, 3.63) is 70.9 Å². The number of nitrogens with one attached hydrogen (secondary N) is 1. The van der Waals surface area contributed by atoms with Gasteiger partial charge in [0.1, 0.15) is 18.3 Å². The molecule has 4 rings (SSSR count). The van der Waals surface area contributed by atoms with Crippen molar-refractivity contribution in [3.8, 4) is 0 Å². The normalized spacial score (nSPS) is 12.1. The molecule has 0 saturated carbocycles. The number of aromatic nitrogens is 4. The van der Waals surface area contributed by atoms with Gasteiger partial charge < -0.3 is 10.1 Å². The molecule has 2 aromatic heterocycles. The molecule has 0 bridgehead atoms. The van der Waals surface area contributed by atoms with Crippen molar-refractivity contribution in [2.24, 2.45) is 7.05 Å². The van der Waals surface area contributed by atoms with Gasteiger partial charge >= 0.3 is 5.97 Å². The first-order valence-electron chi connectivity index (χ1n) is 9.74. The number of rotatable bonds is 6. The fraction of sp³-hybridized carbons (Fsp3) is 0.227. The number of carbonyl (C=O) groups is 2. The van der Waals surface area contributed by atoms with E-state index in [2.05, 4.69) is 15.4 Å². The molecule has 9 nitrogen and oxygen atoms in total. The first-order valence-corrected chi connectivity index (χ1v) is 9.74. The van der Waals surface area contributed by atoms with E-state index in [1.54, 1.807) is 7.05 Å². The van der Waals surface area contributed by atoms with Gasteiger partial charge in [-0.3, -0.25) is 23.6 Å². The highest BCUT2D eigenvalue weighted by atomic mass is 16.5. The average molecular weight is 419 g/mol. The molecule has 0 fully saturated rings. The van der Waals surface area contributed by atoms with Gasteiger partial charge in [-0.1, -0.05) is 42.5 Å². The van der Waals surface area contributed by atoms with E-state index in [4.69, 9.17) is 4.74 Å². The van der Waals surface area contributed by atoms with Crippen LogP contribution in [0.1, 0.15) is 18.5 Å². The van der Waals surface area contributed by atoms with Gasteiger partial charge in [-0.25, -0.2) is 4.98 Å². The van der Waals surface area contributed by atoms with Crippen LogP contribution in [0.2, 0.25) is 0 Å². The molecule has 31 heavy (non-hydrogen) atoms.